The number of hydrogen-bond donors (Lipinski definition) is 1. The van der Waals surface area contributed by atoms with Gasteiger partial charge in [-0.1, -0.05) is 30.3 Å². The number of nitrogens with zero attached hydrogens (tertiary/aromatic N) is 3. The Morgan fingerprint density at radius 3 is 2.71 bits per heavy atom. The molecule has 0 saturated heterocycles. The standard InChI is InChI=1S/C20H15FN4O2S/c21-15-7-5-13(6-8-15)9-16-11-22-20(28-16)24-18(26)12-25-19(27)17-4-2-1-3-14(17)10-23-25/h1-8,10-11H,9,12H2,(H,22,24,26). The van der Waals surface area contributed by atoms with Gasteiger partial charge >= 0.3 is 0 Å². The van der Waals surface area contributed by atoms with E-state index in [9.17, 15) is 14.0 Å². The lowest BCUT2D eigenvalue weighted by Crippen LogP contribution is -2.29. The molecule has 0 spiro atoms. The predicted octanol–water partition coefficient (Wildman–Crippen LogP) is 3.22. The van der Waals surface area contributed by atoms with E-state index < -0.39 is 0 Å². The van der Waals surface area contributed by atoms with Crippen molar-refractivity contribution >= 4 is 33.1 Å². The predicted molar refractivity (Wildman–Crippen MR) is 106 cm³/mol. The summed E-state index contributed by atoms with van der Waals surface area (Å²) in [6, 6.07) is 13.3. The fourth-order valence-corrected chi connectivity index (χ4v) is 3.65. The maximum atomic E-state index is 13.0. The molecular weight excluding hydrogens is 379 g/mol. The summed E-state index contributed by atoms with van der Waals surface area (Å²) in [4.78, 5) is 29.8. The summed E-state index contributed by atoms with van der Waals surface area (Å²) in [6.45, 7) is -0.198. The van der Waals surface area contributed by atoms with Crippen molar-refractivity contribution in [2.24, 2.45) is 0 Å². The molecule has 2 heterocycles. The second kappa shape index (κ2) is 7.69. The number of aromatic nitrogens is 3. The van der Waals surface area contributed by atoms with Crippen LogP contribution >= 0.6 is 11.3 Å². The largest absolute Gasteiger partial charge is 0.300 e. The first-order valence-corrected chi connectivity index (χ1v) is 9.34. The first kappa shape index (κ1) is 18.0. The summed E-state index contributed by atoms with van der Waals surface area (Å²) in [7, 11) is 0. The zero-order valence-corrected chi connectivity index (χ0v) is 15.4. The van der Waals surface area contributed by atoms with Gasteiger partial charge < -0.3 is 5.32 Å². The van der Waals surface area contributed by atoms with E-state index in [1.807, 2.05) is 6.07 Å². The van der Waals surface area contributed by atoms with Gasteiger partial charge in [0.2, 0.25) is 5.91 Å². The molecule has 8 heteroatoms. The fourth-order valence-electron chi connectivity index (χ4n) is 2.79. The topological polar surface area (TPSA) is 76.9 Å². The summed E-state index contributed by atoms with van der Waals surface area (Å²) >= 11 is 1.33. The molecule has 28 heavy (non-hydrogen) atoms. The minimum atomic E-state index is -0.382. The number of nitrogens with one attached hydrogen (secondary N) is 1. The van der Waals surface area contributed by atoms with E-state index in [0.29, 0.717) is 16.9 Å². The van der Waals surface area contributed by atoms with Gasteiger partial charge in [-0.15, -0.1) is 11.3 Å². The van der Waals surface area contributed by atoms with E-state index in [4.69, 9.17) is 0 Å². The molecule has 0 aliphatic heterocycles. The zero-order chi connectivity index (χ0) is 19.5. The van der Waals surface area contributed by atoms with Crippen LogP contribution in [-0.4, -0.2) is 20.7 Å². The Labute approximate surface area is 163 Å². The molecule has 2 aromatic heterocycles. The van der Waals surface area contributed by atoms with Gasteiger partial charge in [0.05, 0.1) is 11.6 Å². The highest BCUT2D eigenvalue weighted by Gasteiger charge is 2.11. The van der Waals surface area contributed by atoms with Crippen LogP contribution in [0.2, 0.25) is 0 Å². The summed E-state index contributed by atoms with van der Waals surface area (Å²) < 4.78 is 14.1. The number of amides is 1. The molecule has 0 unspecified atom stereocenters. The molecule has 4 rings (SSSR count). The van der Waals surface area contributed by atoms with Crippen molar-refractivity contribution in [3.8, 4) is 0 Å². The van der Waals surface area contributed by atoms with E-state index in [1.54, 1.807) is 42.7 Å². The summed E-state index contributed by atoms with van der Waals surface area (Å²) in [6.07, 6.45) is 3.83. The monoisotopic (exact) mass is 394 g/mol. The van der Waals surface area contributed by atoms with Crippen molar-refractivity contribution in [3.63, 3.8) is 0 Å². The molecule has 0 aliphatic rings. The quantitative estimate of drug-likeness (QED) is 0.564. The Morgan fingerprint density at radius 2 is 1.89 bits per heavy atom. The average molecular weight is 394 g/mol. The molecule has 0 aliphatic carbocycles. The van der Waals surface area contributed by atoms with E-state index in [0.717, 1.165) is 20.5 Å². The minimum absolute atomic E-state index is 0.198. The number of halogens is 1. The van der Waals surface area contributed by atoms with Crippen molar-refractivity contribution in [1.29, 1.82) is 0 Å². The van der Waals surface area contributed by atoms with Gasteiger partial charge in [0, 0.05) is 22.9 Å². The number of anilines is 1. The maximum Gasteiger partial charge on any atom is 0.275 e. The van der Waals surface area contributed by atoms with Gasteiger partial charge in [0.15, 0.2) is 5.13 Å². The molecule has 0 radical (unpaired) electrons. The van der Waals surface area contributed by atoms with Gasteiger partial charge in [-0.2, -0.15) is 5.10 Å². The molecule has 4 aromatic rings. The van der Waals surface area contributed by atoms with Crippen LogP contribution in [0.15, 0.2) is 65.7 Å². The third-order valence-electron chi connectivity index (χ3n) is 4.15. The van der Waals surface area contributed by atoms with Gasteiger partial charge in [0.25, 0.3) is 5.56 Å². The maximum absolute atomic E-state index is 13.0. The number of benzene rings is 2. The molecule has 6 nitrogen and oxygen atoms in total. The number of carbonyl (C=O) groups is 1. The average Bonchev–Trinajstić information content (AvgIpc) is 3.13. The van der Waals surface area contributed by atoms with Gasteiger partial charge in [0.1, 0.15) is 12.4 Å². The third-order valence-corrected chi connectivity index (χ3v) is 5.06. The van der Waals surface area contributed by atoms with Crippen LogP contribution in [0, 0.1) is 5.82 Å². The van der Waals surface area contributed by atoms with E-state index >= 15 is 0 Å². The number of rotatable bonds is 5. The highest BCUT2D eigenvalue weighted by Crippen LogP contribution is 2.21. The normalized spacial score (nSPS) is 10.9. The Morgan fingerprint density at radius 1 is 1.11 bits per heavy atom. The first-order chi connectivity index (χ1) is 13.6. The second-order valence-corrected chi connectivity index (χ2v) is 7.29. The molecule has 2 aromatic carbocycles. The zero-order valence-electron chi connectivity index (χ0n) is 14.6. The molecule has 140 valence electrons. The van der Waals surface area contributed by atoms with Crippen molar-refractivity contribution < 1.29 is 9.18 Å². The SMILES string of the molecule is O=C(Cn1ncc2ccccc2c1=O)Nc1ncc(Cc2ccc(F)cc2)s1. The van der Waals surface area contributed by atoms with Crippen molar-refractivity contribution in [3.05, 3.63) is 87.5 Å². The van der Waals surface area contributed by atoms with Gasteiger partial charge in [-0.05, 0) is 23.8 Å². The van der Waals surface area contributed by atoms with Crippen LogP contribution in [0.1, 0.15) is 10.4 Å². The summed E-state index contributed by atoms with van der Waals surface area (Å²) in [5.41, 5.74) is 0.638. The van der Waals surface area contributed by atoms with Crippen LogP contribution in [0.25, 0.3) is 10.8 Å². The van der Waals surface area contributed by atoms with E-state index in [-0.39, 0.29) is 23.8 Å². The molecular formula is C20H15FN4O2S. The molecule has 0 bridgehead atoms. The molecule has 0 fully saturated rings. The molecule has 1 N–H and O–H groups in total. The van der Waals surface area contributed by atoms with Crippen LogP contribution < -0.4 is 10.9 Å². The Hall–Kier alpha value is -3.39. The fraction of sp³-hybridized carbons (Fsp3) is 0.100. The second-order valence-electron chi connectivity index (χ2n) is 6.18. The van der Waals surface area contributed by atoms with Crippen molar-refractivity contribution in [2.45, 2.75) is 13.0 Å². The Balaban J connectivity index is 1.43. The number of thiazole rings is 1. The highest BCUT2D eigenvalue weighted by molar-refractivity contribution is 7.15. The van der Waals surface area contributed by atoms with Crippen LogP contribution in [-0.2, 0) is 17.8 Å². The lowest BCUT2D eigenvalue weighted by Gasteiger charge is -2.05. The van der Waals surface area contributed by atoms with Crippen LogP contribution in [0.5, 0.6) is 0 Å². The number of hydrogen-bond acceptors (Lipinski definition) is 5. The molecule has 0 saturated carbocycles. The summed E-state index contributed by atoms with van der Waals surface area (Å²) in [5.74, 6) is -0.661. The van der Waals surface area contributed by atoms with Crippen molar-refractivity contribution in [1.82, 2.24) is 14.8 Å². The van der Waals surface area contributed by atoms with Crippen molar-refractivity contribution in [2.75, 3.05) is 5.32 Å². The van der Waals surface area contributed by atoms with Gasteiger partial charge in [-0.25, -0.2) is 14.1 Å². The molecule has 0 atom stereocenters. The number of carbonyl (C=O) groups excluding carboxylic acids is 1. The van der Waals surface area contributed by atoms with E-state index in [1.165, 1.54) is 23.5 Å². The number of fused-ring (bicyclic) bond motifs is 1. The summed E-state index contributed by atoms with van der Waals surface area (Å²) in [5, 5.41) is 8.43. The van der Waals surface area contributed by atoms with Crippen LogP contribution in [0.4, 0.5) is 9.52 Å². The Bertz CT molecular complexity index is 1200. The molecule has 1 amide bonds. The van der Waals surface area contributed by atoms with E-state index in [2.05, 4.69) is 15.4 Å². The third kappa shape index (κ3) is 3.96. The van der Waals surface area contributed by atoms with Gasteiger partial charge in [-0.3, -0.25) is 9.59 Å². The lowest BCUT2D eigenvalue weighted by atomic mass is 10.1. The lowest BCUT2D eigenvalue weighted by molar-refractivity contribution is -0.117. The highest BCUT2D eigenvalue weighted by atomic mass is 32.1. The Kier molecular flexibility index (Phi) is 4.94. The first-order valence-electron chi connectivity index (χ1n) is 8.52. The van der Waals surface area contributed by atoms with Crippen LogP contribution in [0.3, 0.4) is 0 Å². The minimum Gasteiger partial charge on any atom is -0.300 e. The smallest absolute Gasteiger partial charge is 0.275 e.